The van der Waals surface area contributed by atoms with Crippen molar-refractivity contribution in [1.82, 2.24) is 19.7 Å². The molecule has 0 radical (unpaired) electrons. The summed E-state index contributed by atoms with van der Waals surface area (Å²) in [5.41, 5.74) is 4.24. The Bertz CT molecular complexity index is 845. The van der Waals surface area contributed by atoms with E-state index in [9.17, 15) is 0 Å². The lowest BCUT2D eigenvalue weighted by Gasteiger charge is -2.14. The van der Waals surface area contributed by atoms with Crippen molar-refractivity contribution >= 4 is 52.4 Å². The smallest absolute Gasteiger partial charge is 0.160 e. The summed E-state index contributed by atoms with van der Waals surface area (Å²) in [6.07, 6.45) is 2.16. The highest BCUT2D eigenvalue weighted by molar-refractivity contribution is 6.07. The largest absolute Gasteiger partial charge is 0.384 e. The summed E-state index contributed by atoms with van der Waals surface area (Å²) in [5.74, 6) is 0. The Morgan fingerprint density at radius 1 is 1.15 bits per heavy atom. The third-order valence-corrected chi connectivity index (χ3v) is 4.27. The first-order chi connectivity index (χ1) is 11.6. The highest BCUT2D eigenvalue weighted by Crippen LogP contribution is 2.32. The molecule has 0 saturated heterocycles. The number of aryl methyl sites for hydroxylation is 2. The molecule has 144 valence electrons. The maximum absolute atomic E-state index is 4.89. The zero-order valence-electron chi connectivity index (χ0n) is 16.0. The van der Waals surface area contributed by atoms with Crippen LogP contribution in [0.15, 0.2) is 24.3 Å². The van der Waals surface area contributed by atoms with Gasteiger partial charge in [0, 0.05) is 18.5 Å². The average molecular weight is 398 g/mol. The van der Waals surface area contributed by atoms with E-state index in [-0.39, 0.29) is 24.8 Å². The Hall–Kier alpha value is -1.56. The molecule has 0 fully saturated rings. The Morgan fingerprint density at radius 2 is 1.88 bits per heavy atom. The van der Waals surface area contributed by atoms with Gasteiger partial charge in [-0.2, -0.15) is 5.10 Å². The molecule has 0 atom stereocenters. The first-order valence-electron chi connectivity index (χ1n) is 8.76. The minimum Gasteiger partial charge on any atom is -0.384 e. The van der Waals surface area contributed by atoms with Crippen molar-refractivity contribution in [3.63, 3.8) is 0 Å². The lowest BCUT2D eigenvalue weighted by atomic mass is 10.1. The minimum absolute atomic E-state index is 0. The van der Waals surface area contributed by atoms with E-state index in [1.54, 1.807) is 0 Å². The number of halogens is 2. The molecule has 0 aliphatic heterocycles. The lowest BCUT2D eigenvalue weighted by Crippen LogP contribution is -2.16. The molecule has 0 aliphatic rings. The van der Waals surface area contributed by atoms with Gasteiger partial charge in [-0.15, -0.1) is 24.8 Å². The Morgan fingerprint density at radius 3 is 2.58 bits per heavy atom. The fourth-order valence-corrected chi connectivity index (χ4v) is 3.17. The van der Waals surface area contributed by atoms with Crippen molar-refractivity contribution < 1.29 is 0 Å². The summed E-state index contributed by atoms with van der Waals surface area (Å²) in [6, 6.07) is 8.35. The first-order valence-corrected chi connectivity index (χ1v) is 8.76. The molecule has 0 aliphatic carbocycles. The zero-order chi connectivity index (χ0) is 17.1. The number of rotatable bonds is 7. The van der Waals surface area contributed by atoms with E-state index in [0.717, 1.165) is 54.7 Å². The summed E-state index contributed by atoms with van der Waals surface area (Å²) >= 11 is 0. The van der Waals surface area contributed by atoms with Gasteiger partial charge in [0.05, 0.1) is 22.3 Å². The number of hydrogen-bond donors (Lipinski definition) is 1. The number of para-hydroxylation sites is 1. The van der Waals surface area contributed by atoms with E-state index in [0.29, 0.717) is 0 Å². The van der Waals surface area contributed by atoms with E-state index in [4.69, 9.17) is 10.1 Å². The van der Waals surface area contributed by atoms with Crippen LogP contribution >= 0.6 is 24.8 Å². The lowest BCUT2D eigenvalue weighted by molar-refractivity contribution is 0.405. The van der Waals surface area contributed by atoms with Gasteiger partial charge in [0.15, 0.2) is 5.65 Å². The van der Waals surface area contributed by atoms with Crippen LogP contribution in [-0.2, 0) is 6.54 Å². The molecule has 2 heterocycles. The third-order valence-electron chi connectivity index (χ3n) is 4.27. The molecule has 7 heteroatoms. The van der Waals surface area contributed by atoms with Crippen molar-refractivity contribution in [3.05, 3.63) is 30.0 Å². The van der Waals surface area contributed by atoms with Crippen LogP contribution in [0.1, 0.15) is 25.5 Å². The molecule has 0 amide bonds. The van der Waals surface area contributed by atoms with Crippen LogP contribution in [-0.4, -0.2) is 46.8 Å². The number of nitrogens with zero attached hydrogens (tertiary/aromatic N) is 4. The Balaban J connectivity index is 0.00000169. The van der Waals surface area contributed by atoms with Gasteiger partial charge in [-0.05, 0) is 46.5 Å². The standard InChI is InChI=1S/C19H27N5.2ClH/c1-5-12-24-19-17(14(2)22-24)18(20-11-8-13-23(3)4)15-9-6-7-10-16(15)21-19;;/h6-7,9-10H,5,8,11-13H2,1-4H3,(H,20,21);2*1H. The molecule has 3 aromatic rings. The molecule has 0 bridgehead atoms. The molecule has 3 rings (SSSR count). The van der Waals surface area contributed by atoms with E-state index < -0.39 is 0 Å². The predicted octanol–water partition coefficient (Wildman–Crippen LogP) is 4.51. The van der Waals surface area contributed by atoms with Gasteiger partial charge in [-0.3, -0.25) is 0 Å². The molecule has 5 nitrogen and oxygen atoms in total. The van der Waals surface area contributed by atoms with Gasteiger partial charge in [0.2, 0.25) is 0 Å². The van der Waals surface area contributed by atoms with Gasteiger partial charge in [0.1, 0.15) is 0 Å². The fourth-order valence-electron chi connectivity index (χ4n) is 3.17. The van der Waals surface area contributed by atoms with Crippen molar-refractivity contribution in [1.29, 1.82) is 0 Å². The summed E-state index contributed by atoms with van der Waals surface area (Å²) in [6.45, 7) is 7.17. The summed E-state index contributed by atoms with van der Waals surface area (Å²) in [7, 11) is 4.22. The third kappa shape index (κ3) is 4.58. The number of anilines is 1. The second-order valence-corrected chi connectivity index (χ2v) is 6.59. The molecule has 1 aromatic carbocycles. The highest BCUT2D eigenvalue weighted by Gasteiger charge is 2.16. The minimum atomic E-state index is 0. The number of pyridine rings is 1. The maximum atomic E-state index is 4.89. The van der Waals surface area contributed by atoms with Crippen LogP contribution < -0.4 is 5.32 Å². The second-order valence-electron chi connectivity index (χ2n) is 6.59. The van der Waals surface area contributed by atoms with E-state index in [1.807, 2.05) is 10.7 Å². The number of hydrogen-bond acceptors (Lipinski definition) is 4. The molecule has 0 spiro atoms. The zero-order valence-corrected chi connectivity index (χ0v) is 17.6. The Labute approximate surface area is 168 Å². The molecule has 0 saturated carbocycles. The summed E-state index contributed by atoms with van der Waals surface area (Å²) in [5, 5.41) is 10.7. The molecular weight excluding hydrogens is 369 g/mol. The maximum Gasteiger partial charge on any atom is 0.160 e. The number of aromatic nitrogens is 3. The van der Waals surface area contributed by atoms with E-state index in [1.165, 1.54) is 11.1 Å². The van der Waals surface area contributed by atoms with Crippen LogP contribution in [0.5, 0.6) is 0 Å². The number of benzene rings is 1. The van der Waals surface area contributed by atoms with Crippen LogP contribution in [0.2, 0.25) is 0 Å². The van der Waals surface area contributed by atoms with Crippen LogP contribution in [0, 0.1) is 6.92 Å². The fraction of sp³-hybridized carbons (Fsp3) is 0.474. The average Bonchev–Trinajstić information content (AvgIpc) is 2.87. The monoisotopic (exact) mass is 397 g/mol. The van der Waals surface area contributed by atoms with Crippen molar-refractivity contribution in [3.8, 4) is 0 Å². The second kappa shape index (κ2) is 9.95. The van der Waals surface area contributed by atoms with Crippen LogP contribution in [0.3, 0.4) is 0 Å². The topological polar surface area (TPSA) is 46.0 Å². The molecule has 2 aromatic heterocycles. The van der Waals surface area contributed by atoms with Gasteiger partial charge in [-0.1, -0.05) is 25.1 Å². The van der Waals surface area contributed by atoms with Crippen molar-refractivity contribution in [2.24, 2.45) is 0 Å². The highest BCUT2D eigenvalue weighted by atomic mass is 35.5. The van der Waals surface area contributed by atoms with E-state index >= 15 is 0 Å². The normalized spacial score (nSPS) is 10.8. The van der Waals surface area contributed by atoms with Gasteiger partial charge in [-0.25, -0.2) is 9.67 Å². The molecule has 26 heavy (non-hydrogen) atoms. The first kappa shape index (κ1) is 22.5. The number of nitrogens with one attached hydrogen (secondary N) is 1. The van der Waals surface area contributed by atoms with Crippen LogP contribution in [0.25, 0.3) is 21.9 Å². The molecule has 0 unspecified atom stereocenters. The summed E-state index contributed by atoms with van der Waals surface area (Å²) < 4.78 is 2.04. The molecule has 1 N–H and O–H groups in total. The Kier molecular flexibility index (Phi) is 8.60. The molecular formula is C19H29Cl2N5. The van der Waals surface area contributed by atoms with Gasteiger partial charge < -0.3 is 10.2 Å². The van der Waals surface area contributed by atoms with E-state index in [2.05, 4.69) is 56.4 Å². The van der Waals surface area contributed by atoms with Crippen molar-refractivity contribution in [2.75, 3.05) is 32.5 Å². The predicted molar refractivity (Wildman–Crippen MR) is 116 cm³/mol. The van der Waals surface area contributed by atoms with Gasteiger partial charge >= 0.3 is 0 Å². The van der Waals surface area contributed by atoms with Crippen LogP contribution in [0.4, 0.5) is 5.69 Å². The SMILES string of the molecule is CCCn1nc(C)c2c(NCCCN(C)C)c3ccccc3nc21.Cl.Cl. The number of fused-ring (bicyclic) bond motifs is 2. The summed E-state index contributed by atoms with van der Waals surface area (Å²) in [4.78, 5) is 7.10. The van der Waals surface area contributed by atoms with Gasteiger partial charge in [0.25, 0.3) is 0 Å². The quantitative estimate of drug-likeness (QED) is 0.595. The van der Waals surface area contributed by atoms with Crippen molar-refractivity contribution in [2.45, 2.75) is 33.2 Å².